The van der Waals surface area contributed by atoms with Gasteiger partial charge >= 0.3 is 63.4 Å². The Labute approximate surface area is 83.0 Å². The number of hydrogen-bond acceptors (Lipinski definition) is 1. The SMILES string of the molecule is O=C(O)O.[Ca+2].[O-2].[Zn+2]. The van der Waals surface area contributed by atoms with E-state index in [1.165, 1.54) is 0 Å². The summed E-state index contributed by atoms with van der Waals surface area (Å²) >= 11 is 0. The van der Waals surface area contributed by atoms with Crippen molar-refractivity contribution in [1.82, 2.24) is 0 Å². The van der Waals surface area contributed by atoms with E-state index in [9.17, 15) is 0 Å². The Morgan fingerprint density at radius 1 is 1.29 bits per heavy atom. The van der Waals surface area contributed by atoms with Crippen LogP contribution >= 0.6 is 0 Å². The quantitative estimate of drug-likeness (QED) is 0.507. The van der Waals surface area contributed by atoms with Crippen LogP contribution in [-0.2, 0) is 25.0 Å². The minimum absolute atomic E-state index is 0. The Balaban J connectivity index is -0.0000000150. The molecule has 0 spiro atoms. The second-order valence-electron chi connectivity index (χ2n) is 0.283. The summed E-state index contributed by atoms with van der Waals surface area (Å²) in [6.07, 6.45) is -1.83. The van der Waals surface area contributed by atoms with Gasteiger partial charge in [-0.05, 0) is 0 Å². The summed E-state index contributed by atoms with van der Waals surface area (Å²) in [5, 5.41) is 13.9. The molecule has 0 unspecified atom stereocenters. The standard InChI is InChI=1S/CH2O3.Ca.O.Zn/c2-1(3)4;;;/h(H2,2,3,4);;;/q;+2;-2;+2. The molecule has 7 heavy (non-hydrogen) atoms. The maximum absolute atomic E-state index is 8.56. The van der Waals surface area contributed by atoms with Crippen molar-refractivity contribution in [3.63, 3.8) is 0 Å². The van der Waals surface area contributed by atoms with E-state index in [1.54, 1.807) is 0 Å². The number of carboxylic acid groups (broad SMARTS) is 2. The molecule has 0 rings (SSSR count). The third kappa shape index (κ3) is 150. The van der Waals surface area contributed by atoms with E-state index in [4.69, 9.17) is 15.0 Å². The Morgan fingerprint density at radius 2 is 1.29 bits per heavy atom. The molecule has 0 saturated carbocycles. The summed E-state index contributed by atoms with van der Waals surface area (Å²) in [7, 11) is 0. The van der Waals surface area contributed by atoms with Crippen LogP contribution in [0.15, 0.2) is 0 Å². The van der Waals surface area contributed by atoms with Crippen LogP contribution in [0.2, 0.25) is 0 Å². The molecule has 0 saturated heterocycles. The van der Waals surface area contributed by atoms with Crippen LogP contribution < -0.4 is 0 Å². The molecule has 4 nitrogen and oxygen atoms in total. The maximum Gasteiger partial charge on any atom is 2.00 e. The van der Waals surface area contributed by atoms with Crippen molar-refractivity contribution in [2.24, 2.45) is 0 Å². The maximum atomic E-state index is 8.56. The van der Waals surface area contributed by atoms with Crippen molar-refractivity contribution in [3.05, 3.63) is 0 Å². The van der Waals surface area contributed by atoms with Crippen molar-refractivity contribution in [2.45, 2.75) is 0 Å². The van der Waals surface area contributed by atoms with Gasteiger partial charge < -0.3 is 15.7 Å². The first-order valence-corrected chi connectivity index (χ1v) is 0.651. The third-order valence-corrected chi connectivity index (χ3v) is 0. The van der Waals surface area contributed by atoms with Crippen LogP contribution in [0.3, 0.4) is 0 Å². The van der Waals surface area contributed by atoms with Crippen LogP contribution in [-0.4, -0.2) is 54.1 Å². The van der Waals surface area contributed by atoms with Crippen LogP contribution in [0.4, 0.5) is 4.79 Å². The van der Waals surface area contributed by atoms with Crippen LogP contribution in [0.1, 0.15) is 0 Å². The molecule has 0 heterocycles. The van der Waals surface area contributed by atoms with Gasteiger partial charge in [0.1, 0.15) is 0 Å². The second kappa shape index (κ2) is 15.7. The fourth-order valence-electron chi connectivity index (χ4n) is 0. The zero-order chi connectivity index (χ0) is 3.58. The van der Waals surface area contributed by atoms with Gasteiger partial charge in [-0.1, -0.05) is 0 Å². The Kier molecular flexibility index (Phi) is 54.5. The molecule has 0 radical (unpaired) electrons. The number of rotatable bonds is 0. The fourth-order valence-corrected chi connectivity index (χ4v) is 0. The normalized spacial score (nSPS) is 3.43. The van der Waals surface area contributed by atoms with Crippen molar-refractivity contribution in [1.29, 1.82) is 0 Å². The van der Waals surface area contributed by atoms with Crippen molar-refractivity contribution >= 4 is 43.9 Å². The van der Waals surface area contributed by atoms with Gasteiger partial charge in [0.15, 0.2) is 0 Å². The minimum Gasteiger partial charge on any atom is -2.00 e. The Bertz CT molecular complexity index is 34.7. The molecule has 0 fully saturated rings. The molecule has 0 aliphatic heterocycles. The zero-order valence-corrected chi connectivity index (χ0v) is 8.80. The van der Waals surface area contributed by atoms with Crippen LogP contribution in [0.5, 0.6) is 0 Å². The van der Waals surface area contributed by atoms with Crippen LogP contribution in [0, 0.1) is 0 Å². The Morgan fingerprint density at radius 3 is 1.29 bits per heavy atom. The van der Waals surface area contributed by atoms with E-state index in [1.807, 2.05) is 0 Å². The van der Waals surface area contributed by atoms with Gasteiger partial charge in [-0.2, -0.15) is 0 Å². The van der Waals surface area contributed by atoms with E-state index in [-0.39, 0.29) is 62.7 Å². The van der Waals surface area contributed by atoms with Crippen molar-refractivity contribution in [2.75, 3.05) is 0 Å². The summed E-state index contributed by atoms with van der Waals surface area (Å²) < 4.78 is 0. The van der Waals surface area contributed by atoms with Gasteiger partial charge in [0.2, 0.25) is 0 Å². The molecular formula is CH2CaO4Zn+2. The molecular weight excluding hydrogens is 181 g/mol. The van der Waals surface area contributed by atoms with Gasteiger partial charge in [0.25, 0.3) is 0 Å². The third-order valence-electron chi connectivity index (χ3n) is 0. The zero-order valence-electron chi connectivity index (χ0n) is 3.63. The molecule has 0 atom stereocenters. The smallest absolute Gasteiger partial charge is 2.00 e. The molecule has 0 aromatic carbocycles. The van der Waals surface area contributed by atoms with Crippen molar-refractivity contribution < 1.29 is 40.0 Å². The molecule has 2 N–H and O–H groups in total. The van der Waals surface area contributed by atoms with Gasteiger partial charge in [-0.25, -0.2) is 4.79 Å². The number of carbonyl (C=O) groups is 1. The predicted octanol–water partition coefficient (Wildman–Crippen LogP) is -0.280. The van der Waals surface area contributed by atoms with E-state index < -0.39 is 6.16 Å². The predicted molar refractivity (Wildman–Crippen MR) is 17.1 cm³/mol. The molecule has 0 bridgehead atoms. The first kappa shape index (κ1) is 24.3. The van der Waals surface area contributed by atoms with E-state index >= 15 is 0 Å². The first-order chi connectivity index (χ1) is 1.73. The van der Waals surface area contributed by atoms with E-state index in [2.05, 4.69) is 0 Å². The van der Waals surface area contributed by atoms with Gasteiger partial charge in [0.05, 0.1) is 0 Å². The average molecular weight is 183 g/mol. The van der Waals surface area contributed by atoms with Crippen molar-refractivity contribution in [3.8, 4) is 0 Å². The molecule has 0 amide bonds. The molecule has 0 aromatic rings. The molecule has 32 valence electrons. The molecule has 0 aromatic heterocycles. The Hall–Kier alpha value is 1.11. The van der Waals surface area contributed by atoms with E-state index in [0.717, 1.165) is 0 Å². The fraction of sp³-hybridized carbons (Fsp3) is 0. The second-order valence-corrected chi connectivity index (χ2v) is 0.283. The average Bonchev–Trinajstić information content (AvgIpc) is 0.811. The molecule has 6 heteroatoms. The monoisotopic (exact) mass is 182 g/mol. The largest absolute Gasteiger partial charge is 2.00 e. The van der Waals surface area contributed by atoms with E-state index in [0.29, 0.717) is 0 Å². The van der Waals surface area contributed by atoms with Gasteiger partial charge in [-0.15, -0.1) is 0 Å². The van der Waals surface area contributed by atoms with Crippen LogP contribution in [0.25, 0.3) is 0 Å². The first-order valence-electron chi connectivity index (χ1n) is 0.651. The minimum atomic E-state index is -1.83. The number of hydrogen-bond donors (Lipinski definition) is 2. The van der Waals surface area contributed by atoms with Gasteiger partial charge in [0, 0.05) is 0 Å². The summed E-state index contributed by atoms with van der Waals surface area (Å²) in [5.41, 5.74) is 0. The molecule has 0 aliphatic carbocycles. The van der Waals surface area contributed by atoms with Gasteiger partial charge in [-0.3, -0.25) is 0 Å². The summed E-state index contributed by atoms with van der Waals surface area (Å²) in [6.45, 7) is 0. The summed E-state index contributed by atoms with van der Waals surface area (Å²) in [4.78, 5) is 8.56. The molecule has 0 aliphatic rings. The topological polar surface area (TPSA) is 86.0 Å². The summed E-state index contributed by atoms with van der Waals surface area (Å²) in [5.74, 6) is 0. The summed E-state index contributed by atoms with van der Waals surface area (Å²) in [6, 6.07) is 0.